The molecular formula is C14H20F3NO2S. The Morgan fingerprint density at radius 1 is 1.24 bits per heavy atom. The first-order valence-corrected chi connectivity index (χ1v) is 7.58. The Morgan fingerprint density at radius 3 is 2.38 bits per heavy atom. The molecule has 0 saturated heterocycles. The lowest BCUT2D eigenvalue weighted by Gasteiger charge is -2.18. The van der Waals surface area contributed by atoms with Crippen molar-refractivity contribution in [2.75, 3.05) is 6.61 Å². The smallest absolute Gasteiger partial charge is 0.422 e. The molecule has 21 heavy (non-hydrogen) atoms. The second-order valence-corrected chi connectivity index (χ2v) is 7.76. The van der Waals surface area contributed by atoms with Gasteiger partial charge in [0, 0.05) is 6.54 Å². The Morgan fingerprint density at radius 2 is 1.86 bits per heavy atom. The van der Waals surface area contributed by atoms with Crippen molar-refractivity contribution in [3.8, 4) is 5.75 Å². The lowest BCUT2D eigenvalue weighted by Crippen LogP contribution is -2.32. The van der Waals surface area contributed by atoms with Crippen LogP contribution in [0.4, 0.5) is 13.2 Å². The van der Waals surface area contributed by atoms with Gasteiger partial charge in [-0.25, -0.2) is 8.93 Å². The Labute approximate surface area is 125 Å². The molecule has 1 atom stereocenters. The van der Waals surface area contributed by atoms with Crippen LogP contribution in [0.2, 0.25) is 0 Å². The van der Waals surface area contributed by atoms with Crippen molar-refractivity contribution in [3.05, 3.63) is 29.3 Å². The maximum absolute atomic E-state index is 12.2. The average molecular weight is 323 g/mol. The highest BCUT2D eigenvalue weighted by Gasteiger charge is 2.28. The van der Waals surface area contributed by atoms with Crippen LogP contribution in [0.1, 0.15) is 31.9 Å². The van der Waals surface area contributed by atoms with Crippen LogP contribution in [-0.2, 0) is 17.5 Å². The number of hydrogen-bond acceptors (Lipinski definition) is 2. The molecule has 0 heterocycles. The summed E-state index contributed by atoms with van der Waals surface area (Å²) in [5, 5.41) is 0. The lowest BCUT2D eigenvalue weighted by atomic mass is 10.1. The molecule has 0 aromatic heterocycles. The van der Waals surface area contributed by atoms with Gasteiger partial charge in [0.1, 0.15) is 5.75 Å². The van der Waals surface area contributed by atoms with Crippen molar-refractivity contribution < 1.29 is 22.1 Å². The molecule has 0 aliphatic heterocycles. The highest BCUT2D eigenvalue weighted by Crippen LogP contribution is 2.23. The van der Waals surface area contributed by atoms with E-state index in [0.29, 0.717) is 12.1 Å². The molecule has 1 aromatic carbocycles. The van der Waals surface area contributed by atoms with Crippen LogP contribution in [0.3, 0.4) is 0 Å². The molecule has 0 amide bonds. The number of rotatable bonds is 5. The first-order valence-electron chi connectivity index (χ1n) is 6.43. The second-order valence-electron chi connectivity index (χ2n) is 5.71. The van der Waals surface area contributed by atoms with Crippen LogP contribution < -0.4 is 9.46 Å². The average Bonchev–Trinajstić information content (AvgIpc) is 2.33. The number of benzene rings is 1. The standard InChI is InChI=1S/C14H20F3NO2S/c1-10-5-6-11(8-18-21(19)13(2,3)4)7-12(10)20-9-14(15,16)17/h5-7,18H,8-9H2,1-4H3. The zero-order chi connectivity index (χ0) is 16.3. The second kappa shape index (κ2) is 6.79. The Hall–Kier alpha value is -1.08. The molecule has 0 saturated carbocycles. The monoisotopic (exact) mass is 323 g/mol. The zero-order valence-corrected chi connectivity index (χ0v) is 13.3. The summed E-state index contributed by atoms with van der Waals surface area (Å²) in [7, 11) is -1.24. The SMILES string of the molecule is Cc1ccc(CNS(=O)C(C)(C)C)cc1OCC(F)(F)F. The van der Waals surface area contributed by atoms with Crippen molar-refractivity contribution in [3.63, 3.8) is 0 Å². The highest BCUT2D eigenvalue weighted by molar-refractivity contribution is 7.84. The molecule has 7 heteroatoms. The molecule has 0 aliphatic rings. The van der Waals surface area contributed by atoms with Crippen molar-refractivity contribution in [2.45, 2.75) is 45.2 Å². The molecule has 0 radical (unpaired) electrons. The lowest BCUT2D eigenvalue weighted by molar-refractivity contribution is -0.153. The van der Waals surface area contributed by atoms with Gasteiger partial charge >= 0.3 is 6.18 Å². The van der Waals surface area contributed by atoms with Crippen LogP contribution in [0.5, 0.6) is 5.75 Å². The summed E-state index contributed by atoms with van der Waals surface area (Å²) in [6.45, 7) is 6.16. The number of nitrogens with one attached hydrogen (secondary N) is 1. The summed E-state index contributed by atoms with van der Waals surface area (Å²) >= 11 is 0. The number of halogens is 3. The first kappa shape index (κ1) is 18.0. The van der Waals surface area contributed by atoms with E-state index in [0.717, 1.165) is 5.56 Å². The summed E-state index contributed by atoms with van der Waals surface area (Å²) < 4.78 is 55.6. The topological polar surface area (TPSA) is 38.3 Å². The van der Waals surface area contributed by atoms with E-state index in [1.165, 1.54) is 6.07 Å². The fourth-order valence-electron chi connectivity index (χ4n) is 1.43. The van der Waals surface area contributed by atoms with E-state index < -0.39 is 28.5 Å². The van der Waals surface area contributed by atoms with Gasteiger partial charge in [-0.2, -0.15) is 13.2 Å². The maximum atomic E-state index is 12.2. The summed E-state index contributed by atoms with van der Waals surface area (Å²) in [6.07, 6.45) is -4.37. The van der Waals surface area contributed by atoms with E-state index in [4.69, 9.17) is 4.74 Å². The van der Waals surface area contributed by atoms with Gasteiger partial charge in [-0.15, -0.1) is 0 Å². The maximum Gasteiger partial charge on any atom is 0.422 e. The van der Waals surface area contributed by atoms with E-state index in [2.05, 4.69) is 4.72 Å². The predicted molar refractivity (Wildman–Crippen MR) is 77.5 cm³/mol. The fraction of sp³-hybridized carbons (Fsp3) is 0.571. The van der Waals surface area contributed by atoms with E-state index in [1.807, 2.05) is 20.8 Å². The minimum absolute atomic E-state index is 0.188. The molecule has 1 N–H and O–H groups in total. The van der Waals surface area contributed by atoms with Crippen molar-refractivity contribution >= 4 is 11.0 Å². The summed E-state index contributed by atoms with van der Waals surface area (Å²) in [5.74, 6) is 0.188. The molecule has 0 aliphatic carbocycles. The minimum Gasteiger partial charge on any atom is -0.484 e. The summed E-state index contributed by atoms with van der Waals surface area (Å²) in [5.41, 5.74) is 1.34. The van der Waals surface area contributed by atoms with E-state index >= 15 is 0 Å². The molecular weight excluding hydrogens is 303 g/mol. The van der Waals surface area contributed by atoms with E-state index in [1.54, 1.807) is 19.1 Å². The molecule has 120 valence electrons. The van der Waals surface area contributed by atoms with Crippen molar-refractivity contribution in [1.82, 2.24) is 4.72 Å². The Balaban J connectivity index is 2.71. The van der Waals surface area contributed by atoms with Gasteiger partial charge in [-0.05, 0) is 44.9 Å². The van der Waals surface area contributed by atoms with E-state index in [-0.39, 0.29) is 5.75 Å². The molecule has 1 unspecified atom stereocenters. The van der Waals surface area contributed by atoms with Crippen LogP contribution in [-0.4, -0.2) is 21.7 Å². The summed E-state index contributed by atoms with van der Waals surface area (Å²) in [6, 6.07) is 4.99. The normalized spacial score (nSPS) is 14.0. The largest absolute Gasteiger partial charge is 0.484 e. The van der Waals surface area contributed by atoms with Crippen LogP contribution in [0.25, 0.3) is 0 Å². The molecule has 1 aromatic rings. The third-order valence-corrected chi connectivity index (χ3v) is 4.13. The van der Waals surface area contributed by atoms with Crippen LogP contribution in [0, 0.1) is 6.92 Å². The third kappa shape index (κ3) is 6.48. The van der Waals surface area contributed by atoms with Crippen molar-refractivity contribution in [2.24, 2.45) is 0 Å². The predicted octanol–water partition coefficient (Wildman–Crippen LogP) is 3.49. The Bertz CT molecular complexity index is 510. The van der Waals surface area contributed by atoms with Crippen LogP contribution in [0.15, 0.2) is 18.2 Å². The fourth-order valence-corrected chi connectivity index (χ4v) is 2.17. The van der Waals surface area contributed by atoms with Gasteiger partial charge in [-0.1, -0.05) is 12.1 Å². The van der Waals surface area contributed by atoms with Crippen molar-refractivity contribution in [1.29, 1.82) is 0 Å². The van der Waals surface area contributed by atoms with Crippen LogP contribution >= 0.6 is 0 Å². The van der Waals surface area contributed by atoms with Gasteiger partial charge < -0.3 is 4.74 Å². The third-order valence-electron chi connectivity index (χ3n) is 2.61. The minimum atomic E-state index is -4.37. The van der Waals surface area contributed by atoms with Gasteiger partial charge in [0.25, 0.3) is 0 Å². The van der Waals surface area contributed by atoms with Gasteiger partial charge in [-0.3, -0.25) is 0 Å². The van der Waals surface area contributed by atoms with Gasteiger partial charge in [0.05, 0.1) is 15.7 Å². The van der Waals surface area contributed by atoms with E-state index in [9.17, 15) is 17.4 Å². The Kier molecular flexibility index (Phi) is 5.81. The first-order chi connectivity index (χ1) is 9.49. The van der Waals surface area contributed by atoms with Gasteiger partial charge in [0.15, 0.2) is 6.61 Å². The molecule has 1 rings (SSSR count). The zero-order valence-electron chi connectivity index (χ0n) is 12.5. The molecule has 0 fully saturated rings. The molecule has 0 spiro atoms. The number of alkyl halides is 3. The van der Waals surface area contributed by atoms with Gasteiger partial charge in [0.2, 0.25) is 0 Å². The number of aryl methyl sites for hydroxylation is 1. The quantitative estimate of drug-likeness (QED) is 0.901. The number of ether oxygens (including phenoxy) is 1. The molecule has 0 bridgehead atoms. The highest BCUT2D eigenvalue weighted by atomic mass is 32.2. The molecule has 3 nitrogen and oxygen atoms in total. The summed E-state index contributed by atoms with van der Waals surface area (Å²) in [4.78, 5) is 0. The number of hydrogen-bond donors (Lipinski definition) is 1.